The molecule has 2 aliphatic rings. The molecule has 2 heterocycles. The van der Waals surface area contributed by atoms with Crippen LogP contribution in [0.1, 0.15) is 25.3 Å². The van der Waals surface area contributed by atoms with Crippen LogP contribution < -0.4 is 15.5 Å². The van der Waals surface area contributed by atoms with Crippen LogP contribution in [0.15, 0.2) is 24.3 Å². The molecular formula is C16H23N3O. The van der Waals surface area contributed by atoms with E-state index in [0.29, 0.717) is 6.04 Å². The van der Waals surface area contributed by atoms with Crippen molar-refractivity contribution in [1.29, 1.82) is 0 Å². The number of para-hydroxylation sites is 1. The summed E-state index contributed by atoms with van der Waals surface area (Å²) in [7, 11) is 0. The Morgan fingerprint density at radius 2 is 2.25 bits per heavy atom. The summed E-state index contributed by atoms with van der Waals surface area (Å²) in [5.41, 5.74) is 2.62. The summed E-state index contributed by atoms with van der Waals surface area (Å²) >= 11 is 0. The molecule has 108 valence electrons. The maximum Gasteiger partial charge on any atom is 0.225 e. The second-order valence-corrected chi connectivity index (χ2v) is 5.66. The van der Waals surface area contributed by atoms with Gasteiger partial charge in [-0.1, -0.05) is 25.1 Å². The highest BCUT2D eigenvalue weighted by atomic mass is 16.2. The minimum Gasteiger partial charge on any atom is -0.366 e. The third kappa shape index (κ3) is 2.40. The Morgan fingerprint density at radius 3 is 3.10 bits per heavy atom. The van der Waals surface area contributed by atoms with Crippen LogP contribution in [0.2, 0.25) is 0 Å². The number of carbonyl (C=O) groups excluding carboxylic acids is 1. The number of anilines is 1. The number of fused-ring (bicyclic) bond motifs is 1. The summed E-state index contributed by atoms with van der Waals surface area (Å²) in [6.45, 7) is 5.83. The van der Waals surface area contributed by atoms with Crippen LogP contribution in [0.5, 0.6) is 0 Å². The van der Waals surface area contributed by atoms with Gasteiger partial charge in [0.2, 0.25) is 5.91 Å². The summed E-state index contributed by atoms with van der Waals surface area (Å²) in [6.07, 6.45) is 2.13. The quantitative estimate of drug-likeness (QED) is 0.874. The maximum atomic E-state index is 11.9. The predicted octanol–water partition coefficient (Wildman–Crippen LogP) is 1.51. The molecule has 2 unspecified atom stereocenters. The van der Waals surface area contributed by atoms with Gasteiger partial charge < -0.3 is 15.5 Å². The van der Waals surface area contributed by atoms with Crippen LogP contribution in [0, 0.1) is 5.92 Å². The monoisotopic (exact) mass is 273 g/mol. The fourth-order valence-electron chi connectivity index (χ4n) is 3.45. The molecule has 2 atom stereocenters. The number of hydrogen-bond donors (Lipinski definition) is 2. The lowest BCUT2D eigenvalue weighted by molar-refractivity contribution is -0.122. The van der Waals surface area contributed by atoms with Crippen molar-refractivity contribution in [3.8, 4) is 0 Å². The van der Waals surface area contributed by atoms with Gasteiger partial charge in [0.15, 0.2) is 0 Å². The molecule has 0 spiro atoms. The van der Waals surface area contributed by atoms with Crippen LogP contribution in [-0.4, -0.2) is 31.6 Å². The summed E-state index contributed by atoms with van der Waals surface area (Å²) in [5, 5.41) is 6.43. The first-order chi connectivity index (χ1) is 9.81. The van der Waals surface area contributed by atoms with E-state index in [1.54, 1.807) is 0 Å². The van der Waals surface area contributed by atoms with Crippen LogP contribution in [0.4, 0.5) is 5.69 Å². The number of nitrogens with one attached hydrogen (secondary N) is 2. The highest BCUT2D eigenvalue weighted by Crippen LogP contribution is 2.33. The zero-order chi connectivity index (χ0) is 13.9. The molecule has 0 radical (unpaired) electrons. The fourth-order valence-corrected chi connectivity index (χ4v) is 3.45. The number of hydrogen-bond acceptors (Lipinski definition) is 3. The first-order valence-corrected chi connectivity index (χ1v) is 7.64. The summed E-state index contributed by atoms with van der Waals surface area (Å²) < 4.78 is 0. The van der Waals surface area contributed by atoms with E-state index in [2.05, 4.69) is 46.7 Å². The molecular weight excluding hydrogens is 250 g/mol. The molecule has 20 heavy (non-hydrogen) atoms. The van der Waals surface area contributed by atoms with Crippen molar-refractivity contribution in [3.05, 3.63) is 29.8 Å². The van der Waals surface area contributed by atoms with Crippen LogP contribution >= 0.6 is 0 Å². The van der Waals surface area contributed by atoms with Crippen molar-refractivity contribution < 1.29 is 4.79 Å². The van der Waals surface area contributed by atoms with E-state index >= 15 is 0 Å². The van der Waals surface area contributed by atoms with Gasteiger partial charge in [0.25, 0.3) is 0 Å². The second kappa shape index (κ2) is 5.83. The number of benzene rings is 1. The molecule has 0 aromatic heterocycles. The SMILES string of the molecule is CCNCc1ccccc1N1CCCC2C(=O)NCC21. The van der Waals surface area contributed by atoms with E-state index in [0.717, 1.165) is 39.0 Å². The van der Waals surface area contributed by atoms with Gasteiger partial charge in [-0.15, -0.1) is 0 Å². The fraction of sp³-hybridized carbons (Fsp3) is 0.562. The van der Waals surface area contributed by atoms with E-state index in [1.165, 1.54) is 11.3 Å². The first-order valence-electron chi connectivity index (χ1n) is 7.64. The van der Waals surface area contributed by atoms with Gasteiger partial charge in [0, 0.05) is 25.3 Å². The molecule has 2 N–H and O–H groups in total. The standard InChI is InChI=1S/C16H23N3O/c1-2-17-10-12-6-3-4-8-14(12)19-9-5-7-13-15(19)11-18-16(13)20/h3-4,6,8,13,15,17H,2,5,7,9-11H2,1H3,(H,18,20). The van der Waals surface area contributed by atoms with E-state index in [4.69, 9.17) is 0 Å². The maximum absolute atomic E-state index is 11.9. The van der Waals surface area contributed by atoms with Gasteiger partial charge >= 0.3 is 0 Å². The molecule has 1 aromatic rings. The molecule has 2 saturated heterocycles. The van der Waals surface area contributed by atoms with E-state index in [-0.39, 0.29) is 11.8 Å². The Kier molecular flexibility index (Phi) is 3.92. The zero-order valence-corrected chi connectivity index (χ0v) is 12.1. The van der Waals surface area contributed by atoms with E-state index < -0.39 is 0 Å². The van der Waals surface area contributed by atoms with Crippen molar-refractivity contribution in [3.63, 3.8) is 0 Å². The van der Waals surface area contributed by atoms with Crippen molar-refractivity contribution >= 4 is 11.6 Å². The lowest BCUT2D eigenvalue weighted by Gasteiger charge is -2.38. The normalized spacial score (nSPS) is 25.4. The molecule has 1 aromatic carbocycles. The topological polar surface area (TPSA) is 44.4 Å². The molecule has 4 heteroatoms. The average Bonchev–Trinajstić information content (AvgIpc) is 2.87. The largest absolute Gasteiger partial charge is 0.366 e. The van der Waals surface area contributed by atoms with E-state index in [1.807, 2.05) is 0 Å². The number of piperidine rings is 1. The highest BCUT2D eigenvalue weighted by molar-refractivity contribution is 5.83. The Labute approximate surface area is 120 Å². The summed E-state index contributed by atoms with van der Waals surface area (Å²) in [4.78, 5) is 14.3. The Morgan fingerprint density at radius 1 is 1.40 bits per heavy atom. The average molecular weight is 273 g/mol. The minimum atomic E-state index is 0.177. The zero-order valence-electron chi connectivity index (χ0n) is 12.1. The molecule has 0 aliphatic carbocycles. The van der Waals surface area contributed by atoms with Gasteiger partial charge in [0.05, 0.1) is 12.0 Å². The Balaban J connectivity index is 1.86. The molecule has 4 nitrogen and oxygen atoms in total. The molecule has 0 bridgehead atoms. The Bertz CT molecular complexity index is 488. The number of nitrogens with zero attached hydrogens (tertiary/aromatic N) is 1. The van der Waals surface area contributed by atoms with Gasteiger partial charge in [-0.3, -0.25) is 4.79 Å². The van der Waals surface area contributed by atoms with Crippen molar-refractivity contribution in [2.24, 2.45) is 5.92 Å². The lowest BCUT2D eigenvalue weighted by atomic mass is 9.90. The first kappa shape index (κ1) is 13.4. The molecule has 3 rings (SSSR count). The van der Waals surface area contributed by atoms with Crippen molar-refractivity contribution in [1.82, 2.24) is 10.6 Å². The molecule has 2 fully saturated rings. The predicted molar refractivity (Wildman–Crippen MR) is 80.7 cm³/mol. The number of carbonyl (C=O) groups is 1. The van der Waals surface area contributed by atoms with Gasteiger partial charge in [-0.25, -0.2) is 0 Å². The van der Waals surface area contributed by atoms with Crippen molar-refractivity contribution in [2.75, 3.05) is 24.5 Å². The van der Waals surface area contributed by atoms with E-state index in [9.17, 15) is 4.79 Å². The minimum absolute atomic E-state index is 0.177. The van der Waals surface area contributed by atoms with Gasteiger partial charge in [0.1, 0.15) is 0 Å². The lowest BCUT2D eigenvalue weighted by Crippen LogP contribution is -2.46. The summed E-state index contributed by atoms with van der Waals surface area (Å²) in [6, 6.07) is 8.90. The molecule has 0 saturated carbocycles. The van der Waals surface area contributed by atoms with Crippen LogP contribution in [-0.2, 0) is 11.3 Å². The van der Waals surface area contributed by atoms with Gasteiger partial charge in [-0.2, -0.15) is 0 Å². The summed E-state index contributed by atoms with van der Waals surface area (Å²) in [5.74, 6) is 0.416. The Hall–Kier alpha value is -1.55. The third-order valence-corrected chi connectivity index (χ3v) is 4.47. The molecule has 2 aliphatic heterocycles. The van der Waals surface area contributed by atoms with Crippen LogP contribution in [0.3, 0.4) is 0 Å². The number of rotatable bonds is 4. The van der Waals surface area contributed by atoms with Gasteiger partial charge in [-0.05, 0) is 31.0 Å². The second-order valence-electron chi connectivity index (χ2n) is 5.66. The van der Waals surface area contributed by atoms with Crippen LogP contribution in [0.25, 0.3) is 0 Å². The van der Waals surface area contributed by atoms with Crippen molar-refractivity contribution in [2.45, 2.75) is 32.4 Å². The highest BCUT2D eigenvalue weighted by Gasteiger charge is 2.41. The smallest absolute Gasteiger partial charge is 0.225 e. The number of amides is 1. The molecule has 1 amide bonds. The third-order valence-electron chi connectivity index (χ3n) is 4.47.